The highest BCUT2D eigenvalue weighted by molar-refractivity contribution is 7.17. The summed E-state index contributed by atoms with van der Waals surface area (Å²) in [4.78, 5) is 19.3. The smallest absolute Gasteiger partial charge is 0.264 e. The van der Waals surface area contributed by atoms with Gasteiger partial charge in [0.25, 0.3) is 5.91 Å². The summed E-state index contributed by atoms with van der Waals surface area (Å²) in [6, 6.07) is 11.3. The predicted octanol–water partition coefficient (Wildman–Crippen LogP) is 3.72. The molecular weight excluding hydrogens is 394 g/mol. The number of methoxy groups -OCH3 is 1. The predicted molar refractivity (Wildman–Crippen MR) is 123 cm³/mol. The average molecular weight is 428 g/mol. The van der Waals surface area contributed by atoms with Crippen molar-refractivity contribution in [2.45, 2.75) is 38.1 Å². The van der Waals surface area contributed by atoms with E-state index in [-0.39, 0.29) is 11.9 Å². The van der Waals surface area contributed by atoms with Gasteiger partial charge in [-0.3, -0.25) is 4.79 Å². The minimum Gasteiger partial charge on any atom is -0.383 e. The number of ether oxygens (including phenoxy) is 1. The lowest BCUT2D eigenvalue weighted by Crippen LogP contribution is -2.35. The van der Waals surface area contributed by atoms with Gasteiger partial charge in [0.05, 0.1) is 11.5 Å². The molecule has 1 aromatic carbocycles. The maximum Gasteiger partial charge on any atom is 0.264 e. The second-order valence-electron chi connectivity index (χ2n) is 8.65. The van der Waals surface area contributed by atoms with E-state index in [0.717, 1.165) is 49.6 Å². The molecule has 30 heavy (non-hydrogen) atoms. The van der Waals surface area contributed by atoms with E-state index in [9.17, 15) is 4.79 Å². The zero-order chi connectivity index (χ0) is 21.1. The first-order valence-electron chi connectivity index (χ1n) is 11.0. The van der Waals surface area contributed by atoms with Crippen LogP contribution in [0.3, 0.4) is 0 Å². The monoisotopic (exact) mass is 427 g/mol. The summed E-state index contributed by atoms with van der Waals surface area (Å²) < 4.78 is 5.20. The number of carbonyl (C=O) groups is 1. The van der Waals surface area contributed by atoms with Gasteiger partial charge in [-0.25, -0.2) is 0 Å². The molecule has 162 valence electrons. The van der Waals surface area contributed by atoms with Crippen LogP contribution in [0.15, 0.2) is 30.3 Å². The lowest BCUT2D eigenvalue weighted by Gasteiger charge is -2.32. The first kappa shape index (κ1) is 21.5. The molecule has 1 amide bonds. The number of hydrogen-bond donors (Lipinski definition) is 1. The molecule has 1 aromatic heterocycles. The van der Waals surface area contributed by atoms with Gasteiger partial charge in [0.15, 0.2) is 0 Å². The average Bonchev–Trinajstić information content (AvgIpc) is 3.38. The number of carbonyl (C=O) groups excluding carboxylic acids is 1. The van der Waals surface area contributed by atoms with Crippen molar-refractivity contribution in [3.05, 3.63) is 46.3 Å². The summed E-state index contributed by atoms with van der Waals surface area (Å²) in [5.41, 5.74) is 9.67. The van der Waals surface area contributed by atoms with Crippen molar-refractivity contribution in [3.8, 4) is 10.4 Å². The summed E-state index contributed by atoms with van der Waals surface area (Å²) in [6.07, 6.45) is 3.31. The molecule has 0 aliphatic carbocycles. The number of nitrogens with two attached hydrogens (primary N) is 1. The van der Waals surface area contributed by atoms with Crippen molar-refractivity contribution in [1.82, 2.24) is 9.80 Å². The highest BCUT2D eigenvalue weighted by Crippen LogP contribution is 2.34. The molecule has 5 nitrogen and oxygen atoms in total. The largest absolute Gasteiger partial charge is 0.383 e. The number of benzene rings is 1. The number of likely N-dealkylation sites (tertiary alicyclic amines) is 2. The third-order valence-electron chi connectivity index (χ3n) is 6.49. The van der Waals surface area contributed by atoms with Crippen molar-refractivity contribution in [3.63, 3.8) is 0 Å². The molecule has 0 radical (unpaired) electrons. The van der Waals surface area contributed by atoms with Gasteiger partial charge in [-0.2, -0.15) is 0 Å². The summed E-state index contributed by atoms with van der Waals surface area (Å²) in [5.74, 6) is 0.771. The molecule has 0 bridgehead atoms. The van der Waals surface area contributed by atoms with Crippen molar-refractivity contribution in [1.29, 1.82) is 0 Å². The number of amides is 1. The van der Waals surface area contributed by atoms with E-state index in [1.807, 2.05) is 11.8 Å². The fourth-order valence-corrected chi connectivity index (χ4v) is 5.73. The van der Waals surface area contributed by atoms with Gasteiger partial charge in [-0.05, 0) is 68.0 Å². The van der Waals surface area contributed by atoms with E-state index in [0.29, 0.717) is 12.5 Å². The topological polar surface area (TPSA) is 58.8 Å². The second-order valence-corrected chi connectivity index (χ2v) is 9.71. The molecule has 0 unspecified atom stereocenters. The summed E-state index contributed by atoms with van der Waals surface area (Å²) in [6.45, 7) is 7.61. The van der Waals surface area contributed by atoms with Crippen LogP contribution in [-0.4, -0.2) is 68.2 Å². The highest BCUT2D eigenvalue weighted by Gasteiger charge is 2.27. The van der Waals surface area contributed by atoms with Gasteiger partial charge in [-0.1, -0.05) is 24.3 Å². The maximum absolute atomic E-state index is 12.9. The van der Waals surface area contributed by atoms with E-state index in [1.54, 1.807) is 18.4 Å². The third-order valence-corrected chi connectivity index (χ3v) is 7.76. The normalized spacial score (nSPS) is 20.8. The number of rotatable bonds is 6. The summed E-state index contributed by atoms with van der Waals surface area (Å²) >= 11 is 1.61. The molecular formula is C24H33N3O2S. The number of aryl methyl sites for hydroxylation is 1. The standard InChI is InChI=1S/C24H33N3O2S/c1-17-15-22(30-23(17)24(28)27-12-9-21(25)16-27)20-5-3-18(4-6-20)19-7-10-26(11-8-19)13-14-29-2/h3-6,15,19,21H,7-14,16,25H2,1-2H3/t21-/m0/s1. The third kappa shape index (κ3) is 4.78. The lowest BCUT2D eigenvalue weighted by molar-refractivity contribution is 0.0795. The van der Waals surface area contributed by atoms with Gasteiger partial charge in [0.2, 0.25) is 0 Å². The Labute approximate surface area is 183 Å². The van der Waals surface area contributed by atoms with Gasteiger partial charge in [0.1, 0.15) is 0 Å². The molecule has 3 heterocycles. The van der Waals surface area contributed by atoms with E-state index in [2.05, 4.69) is 35.2 Å². The Balaban J connectivity index is 1.40. The van der Waals surface area contributed by atoms with Crippen LogP contribution in [0.1, 0.15) is 46.0 Å². The molecule has 2 aromatic rings. The van der Waals surface area contributed by atoms with Crippen LogP contribution in [0, 0.1) is 6.92 Å². The molecule has 1 atom stereocenters. The van der Waals surface area contributed by atoms with E-state index >= 15 is 0 Å². The Morgan fingerprint density at radius 2 is 1.90 bits per heavy atom. The lowest BCUT2D eigenvalue weighted by atomic mass is 9.89. The van der Waals surface area contributed by atoms with Gasteiger partial charge >= 0.3 is 0 Å². The zero-order valence-electron chi connectivity index (χ0n) is 18.1. The Morgan fingerprint density at radius 3 is 2.53 bits per heavy atom. The SMILES string of the molecule is COCCN1CCC(c2ccc(-c3cc(C)c(C(=O)N4CC[C@H](N)C4)s3)cc2)CC1. The van der Waals surface area contributed by atoms with Crippen LogP contribution in [-0.2, 0) is 4.74 Å². The van der Waals surface area contributed by atoms with Crippen LogP contribution < -0.4 is 5.73 Å². The molecule has 0 spiro atoms. The maximum atomic E-state index is 12.9. The second kappa shape index (κ2) is 9.60. The summed E-state index contributed by atoms with van der Waals surface area (Å²) in [7, 11) is 1.77. The van der Waals surface area contributed by atoms with Crippen LogP contribution in [0.2, 0.25) is 0 Å². The van der Waals surface area contributed by atoms with Crippen LogP contribution >= 0.6 is 11.3 Å². The Kier molecular flexibility index (Phi) is 6.88. The van der Waals surface area contributed by atoms with Crippen molar-refractivity contribution in [2.24, 2.45) is 5.73 Å². The number of piperidine rings is 1. The van der Waals surface area contributed by atoms with Crippen molar-refractivity contribution in [2.75, 3.05) is 46.4 Å². The molecule has 6 heteroatoms. The number of thiophene rings is 1. The first-order chi connectivity index (χ1) is 14.5. The zero-order valence-corrected chi connectivity index (χ0v) is 18.9. The molecule has 2 aliphatic rings. The number of nitrogens with zero attached hydrogens (tertiary/aromatic N) is 2. The van der Waals surface area contributed by atoms with Gasteiger partial charge in [-0.15, -0.1) is 11.3 Å². The minimum absolute atomic E-state index is 0.119. The Bertz CT molecular complexity index is 856. The summed E-state index contributed by atoms with van der Waals surface area (Å²) in [5, 5.41) is 0. The van der Waals surface area contributed by atoms with Crippen LogP contribution in [0.5, 0.6) is 0 Å². The van der Waals surface area contributed by atoms with E-state index in [1.165, 1.54) is 28.8 Å². The van der Waals surface area contributed by atoms with Crippen molar-refractivity contribution >= 4 is 17.2 Å². The first-order valence-corrected chi connectivity index (χ1v) is 11.8. The minimum atomic E-state index is 0.119. The Hall–Kier alpha value is -1.73. The van der Waals surface area contributed by atoms with Gasteiger partial charge in [0, 0.05) is 37.7 Å². The molecule has 2 fully saturated rings. The van der Waals surface area contributed by atoms with Gasteiger partial charge < -0.3 is 20.3 Å². The highest BCUT2D eigenvalue weighted by atomic mass is 32.1. The molecule has 2 N–H and O–H groups in total. The fraction of sp³-hybridized carbons (Fsp3) is 0.542. The Morgan fingerprint density at radius 1 is 1.17 bits per heavy atom. The number of hydrogen-bond acceptors (Lipinski definition) is 5. The molecule has 2 aliphatic heterocycles. The molecule has 4 rings (SSSR count). The van der Waals surface area contributed by atoms with Crippen molar-refractivity contribution < 1.29 is 9.53 Å². The quantitative estimate of drug-likeness (QED) is 0.763. The fourth-order valence-electron chi connectivity index (χ4n) is 4.58. The van der Waals surface area contributed by atoms with Crippen LogP contribution in [0.25, 0.3) is 10.4 Å². The van der Waals surface area contributed by atoms with E-state index in [4.69, 9.17) is 10.5 Å². The van der Waals surface area contributed by atoms with Crippen LogP contribution in [0.4, 0.5) is 0 Å². The molecule has 2 saturated heterocycles. The molecule has 0 saturated carbocycles. The van der Waals surface area contributed by atoms with E-state index < -0.39 is 0 Å².